The van der Waals surface area contributed by atoms with Gasteiger partial charge in [0, 0.05) is 17.4 Å². The van der Waals surface area contributed by atoms with E-state index >= 15 is 0 Å². The highest BCUT2D eigenvalue weighted by molar-refractivity contribution is 6.02. The molecule has 0 aromatic heterocycles. The average molecular weight is 447 g/mol. The van der Waals surface area contributed by atoms with Crippen LogP contribution in [0.3, 0.4) is 0 Å². The van der Waals surface area contributed by atoms with Gasteiger partial charge in [-0.15, -0.1) is 0 Å². The average Bonchev–Trinajstić information content (AvgIpc) is 3.49. The van der Waals surface area contributed by atoms with Crippen molar-refractivity contribution in [3.05, 3.63) is 76.9 Å². The number of methoxy groups -OCH3 is 4. The van der Waals surface area contributed by atoms with Gasteiger partial charge in [-0.05, 0) is 54.7 Å². The van der Waals surface area contributed by atoms with E-state index in [0.29, 0.717) is 35.8 Å². The number of allylic oxidation sites excluding steroid dienone is 6. The number of para-hydroxylation sites is 1. The van der Waals surface area contributed by atoms with Gasteiger partial charge in [-0.25, -0.2) is 0 Å². The topological polar surface area (TPSA) is 54.0 Å². The molecule has 2 aliphatic rings. The smallest absolute Gasteiger partial charge is 0.166 e. The van der Waals surface area contributed by atoms with Crippen molar-refractivity contribution in [2.75, 3.05) is 28.4 Å². The molecule has 4 rings (SSSR count). The molecule has 2 aromatic carbocycles. The molecule has 0 bridgehead atoms. The summed E-state index contributed by atoms with van der Waals surface area (Å²) in [6, 6.07) is 11.7. The van der Waals surface area contributed by atoms with Crippen molar-refractivity contribution in [3.8, 4) is 23.0 Å². The number of ketones is 1. The molecule has 0 saturated heterocycles. The standard InChI is InChI=1S/C28H30O5/c1-17-9-10-19(13-17)27(29)23-15-20(18-11-12-24(30-2)26(16-18)32-4)14-22(23)21-7-6-8-25(31-3)28(21)33-5/h6-12,15-16,22-23H,13-14H2,1-5H3. The van der Waals surface area contributed by atoms with Crippen molar-refractivity contribution in [1.82, 2.24) is 0 Å². The molecule has 172 valence electrons. The van der Waals surface area contributed by atoms with Crippen LogP contribution >= 0.6 is 0 Å². The van der Waals surface area contributed by atoms with Gasteiger partial charge in [0.15, 0.2) is 28.8 Å². The third-order valence-electron chi connectivity index (χ3n) is 6.50. The largest absolute Gasteiger partial charge is 0.493 e. The summed E-state index contributed by atoms with van der Waals surface area (Å²) < 4.78 is 22.2. The first kappa shape index (κ1) is 22.7. The minimum Gasteiger partial charge on any atom is -0.493 e. The first-order chi connectivity index (χ1) is 16.0. The maximum atomic E-state index is 13.7. The number of Topliss-reactive ketones (excluding diaryl/α,β-unsaturated/α-hetero) is 1. The molecule has 0 fully saturated rings. The van der Waals surface area contributed by atoms with Crippen molar-refractivity contribution in [1.29, 1.82) is 0 Å². The Hall–Kier alpha value is -3.47. The molecule has 0 radical (unpaired) electrons. The van der Waals surface area contributed by atoms with Gasteiger partial charge in [-0.1, -0.05) is 42.0 Å². The number of hydrogen-bond donors (Lipinski definition) is 0. The molecule has 0 saturated carbocycles. The first-order valence-corrected chi connectivity index (χ1v) is 11.0. The lowest BCUT2D eigenvalue weighted by atomic mass is 9.82. The summed E-state index contributed by atoms with van der Waals surface area (Å²) in [6.07, 6.45) is 7.51. The summed E-state index contributed by atoms with van der Waals surface area (Å²) >= 11 is 0. The minimum atomic E-state index is -0.292. The van der Waals surface area contributed by atoms with E-state index in [-0.39, 0.29) is 17.6 Å². The van der Waals surface area contributed by atoms with Crippen LogP contribution in [0.25, 0.3) is 5.57 Å². The van der Waals surface area contributed by atoms with E-state index in [0.717, 1.165) is 22.3 Å². The lowest BCUT2D eigenvalue weighted by Gasteiger charge is -2.23. The minimum absolute atomic E-state index is 0.0625. The Morgan fingerprint density at radius 1 is 0.879 bits per heavy atom. The fraction of sp³-hybridized carbons (Fsp3) is 0.321. The highest BCUT2D eigenvalue weighted by atomic mass is 16.5. The molecule has 2 aromatic rings. The lowest BCUT2D eigenvalue weighted by Crippen LogP contribution is -2.19. The zero-order valence-electron chi connectivity index (χ0n) is 19.8. The highest BCUT2D eigenvalue weighted by Gasteiger charge is 2.38. The van der Waals surface area contributed by atoms with Crippen LogP contribution in [-0.4, -0.2) is 34.2 Å². The van der Waals surface area contributed by atoms with Crippen molar-refractivity contribution in [2.24, 2.45) is 5.92 Å². The summed E-state index contributed by atoms with van der Waals surface area (Å²) in [5, 5.41) is 0. The quantitative estimate of drug-likeness (QED) is 0.517. The van der Waals surface area contributed by atoms with Crippen LogP contribution in [0, 0.1) is 5.92 Å². The van der Waals surface area contributed by atoms with Gasteiger partial charge >= 0.3 is 0 Å². The van der Waals surface area contributed by atoms with Crippen molar-refractivity contribution >= 4 is 11.4 Å². The summed E-state index contributed by atoms with van der Waals surface area (Å²) in [7, 11) is 6.52. The van der Waals surface area contributed by atoms with E-state index in [1.807, 2.05) is 48.6 Å². The summed E-state index contributed by atoms with van der Waals surface area (Å²) in [4.78, 5) is 13.7. The van der Waals surface area contributed by atoms with E-state index in [2.05, 4.69) is 13.0 Å². The third kappa shape index (κ3) is 4.28. The van der Waals surface area contributed by atoms with E-state index in [9.17, 15) is 4.79 Å². The van der Waals surface area contributed by atoms with Crippen LogP contribution in [0.15, 0.2) is 65.8 Å². The third-order valence-corrected chi connectivity index (χ3v) is 6.50. The summed E-state index contributed by atoms with van der Waals surface area (Å²) in [6.45, 7) is 2.05. The van der Waals surface area contributed by atoms with Crippen LogP contribution in [0.5, 0.6) is 23.0 Å². The normalized spacial score (nSPS) is 19.5. The van der Waals surface area contributed by atoms with Gasteiger partial charge in [0.25, 0.3) is 0 Å². The fourth-order valence-electron chi connectivity index (χ4n) is 4.83. The molecule has 0 N–H and O–H groups in total. The number of rotatable bonds is 8. The second-order valence-electron chi connectivity index (χ2n) is 8.43. The van der Waals surface area contributed by atoms with Crippen LogP contribution in [-0.2, 0) is 4.79 Å². The van der Waals surface area contributed by atoms with Gasteiger partial charge in [0.05, 0.1) is 28.4 Å². The molecule has 0 amide bonds. The van der Waals surface area contributed by atoms with Crippen LogP contribution in [0.4, 0.5) is 0 Å². The Labute approximate surface area is 195 Å². The van der Waals surface area contributed by atoms with Crippen molar-refractivity contribution in [2.45, 2.75) is 25.7 Å². The second-order valence-corrected chi connectivity index (χ2v) is 8.43. The predicted molar refractivity (Wildman–Crippen MR) is 129 cm³/mol. The molecular formula is C28H30O5. The van der Waals surface area contributed by atoms with E-state index in [1.165, 1.54) is 5.57 Å². The molecule has 2 atom stereocenters. The molecule has 33 heavy (non-hydrogen) atoms. The van der Waals surface area contributed by atoms with Crippen LogP contribution in [0.2, 0.25) is 0 Å². The number of carbonyl (C=O) groups is 1. The summed E-state index contributed by atoms with van der Waals surface area (Å²) in [5.74, 6) is 2.49. The Kier molecular flexibility index (Phi) is 6.59. The van der Waals surface area contributed by atoms with Gasteiger partial charge in [0.1, 0.15) is 0 Å². The van der Waals surface area contributed by atoms with Gasteiger partial charge in [0.2, 0.25) is 0 Å². The molecule has 2 aliphatic carbocycles. The van der Waals surface area contributed by atoms with Crippen molar-refractivity contribution < 1.29 is 23.7 Å². The Bertz CT molecular complexity index is 1150. The van der Waals surface area contributed by atoms with Crippen molar-refractivity contribution in [3.63, 3.8) is 0 Å². The maximum absolute atomic E-state index is 13.7. The summed E-state index contributed by atoms with van der Waals surface area (Å²) in [5.41, 5.74) is 5.16. The predicted octanol–water partition coefficient (Wildman–Crippen LogP) is 5.75. The molecular weight excluding hydrogens is 416 g/mol. The molecule has 0 aliphatic heterocycles. The van der Waals surface area contributed by atoms with Gasteiger partial charge in [-0.2, -0.15) is 0 Å². The second kappa shape index (κ2) is 9.57. The maximum Gasteiger partial charge on any atom is 0.166 e. The Morgan fingerprint density at radius 3 is 2.27 bits per heavy atom. The first-order valence-electron chi connectivity index (χ1n) is 11.0. The molecule has 0 spiro atoms. The molecule has 5 heteroatoms. The van der Waals surface area contributed by atoms with E-state index in [1.54, 1.807) is 28.4 Å². The zero-order valence-corrected chi connectivity index (χ0v) is 19.8. The Morgan fingerprint density at radius 2 is 1.64 bits per heavy atom. The van der Waals surface area contributed by atoms with E-state index in [4.69, 9.17) is 18.9 Å². The molecule has 2 unspecified atom stereocenters. The monoisotopic (exact) mass is 446 g/mol. The molecule has 5 nitrogen and oxygen atoms in total. The highest BCUT2D eigenvalue weighted by Crippen LogP contribution is 2.49. The molecule has 0 heterocycles. The van der Waals surface area contributed by atoms with Gasteiger partial charge in [-0.3, -0.25) is 4.79 Å². The number of hydrogen-bond acceptors (Lipinski definition) is 5. The fourth-order valence-corrected chi connectivity index (χ4v) is 4.83. The van der Waals surface area contributed by atoms with Gasteiger partial charge < -0.3 is 18.9 Å². The number of carbonyl (C=O) groups excluding carboxylic acids is 1. The van der Waals surface area contributed by atoms with Crippen LogP contribution in [0.1, 0.15) is 36.8 Å². The number of benzene rings is 2. The zero-order chi connectivity index (χ0) is 23.5. The van der Waals surface area contributed by atoms with Crippen LogP contribution < -0.4 is 18.9 Å². The lowest BCUT2D eigenvalue weighted by molar-refractivity contribution is -0.118. The number of ether oxygens (including phenoxy) is 4. The Balaban J connectivity index is 1.77. The van der Waals surface area contributed by atoms with E-state index < -0.39 is 0 Å². The SMILES string of the molecule is COc1ccc(C2=CC(C(=O)C3=CC=C(C)C3)C(c3cccc(OC)c3OC)C2)cc1OC.